The van der Waals surface area contributed by atoms with Gasteiger partial charge in [-0.05, 0) is 26.6 Å². The van der Waals surface area contributed by atoms with E-state index in [0.717, 1.165) is 12.7 Å². The van der Waals surface area contributed by atoms with Gasteiger partial charge in [-0.25, -0.2) is 4.98 Å². The number of H-pyrrole nitrogens is 1. The minimum atomic E-state index is 0.421. The first-order chi connectivity index (χ1) is 12.2. The first-order valence-corrected chi connectivity index (χ1v) is 8.86. The van der Waals surface area contributed by atoms with Crippen LogP contribution in [0.4, 0.5) is 0 Å². The van der Waals surface area contributed by atoms with Gasteiger partial charge in [0.15, 0.2) is 0 Å². The van der Waals surface area contributed by atoms with Crippen LogP contribution in [0.25, 0.3) is 0 Å². The summed E-state index contributed by atoms with van der Waals surface area (Å²) in [6, 6.07) is 17.3. The second-order valence-corrected chi connectivity index (χ2v) is 6.22. The van der Waals surface area contributed by atoms with Crippen LogP contribution in [-0.2, 0) is 6.42 Å². The molecular formula is C22H27BN2. The van der Waals surface area contributed by atoms with Gasteiger partial charge in [0.25, 0.3) is 0 Å². The van der Waals surface area contributed by atoms with Crippen LogP contribution in [0, 0.1) is 13.8 Å². The lowest BCUT2D eigenvalue weighted by atomic mass is 9.37. The third kappa shape index (κ3) is 5.22. The fourth-order valence-corrected chi connectivity index (χ4v) is 3.02. The minimum Gasteiger partial charge on any atom is -0.349 e. The number of aryl methyl sites for hydroxylation is 3. The van der Waals surface area contributed by atoms with E-state index in [-0.39, 0.29) is 0 Å². The van der Waals surface area contributed by atoms with Crippen molar-refractivity contribution in [2.75, 3.05) is 0 Å². The highest BCUT2D eigenvalue weighted by Crippen LogP contribution is 2.05. The lowest BCUT2D eigenvalue weighted by Gasteiger charge is -2.17. The molecule has 0 atom stereocenters. The van der Waals surface area contributed by atoms with Crippen molar-refractivity contribution in [3.05, 3.63) is 90.5 Å². The molecule has 25 heavy (non-hydrogen) atoms. The molecule has 3 aromatic rings. The summed E-state index contributed by atoms with van der Waals surface area (Å²) in [7, 11) is 0. The Kier molecular flexibility index (Phi) is 7.27. The molecule has 1 aromatic heterocycles. The van der Waals surface area contributed by atoms with Crippen molar-refractivity contribution in [1.82, 2.24) is 9.97 Å². The quantitative estimate of drug-likeness (QED) is 0.554. The number of aromatic nitrogens is 2. The van der Waals surface area contributed by atoms with Gasteiger partial charge in [0.2, 0.25) is 6.71 Å². The molecule has 0 radical (unpaired) electrons. The molecule has 1 N–H and O–H groups in total. The minimum absolute atomic E-state index is 0.421. The average Bonchev–Trinajstić information content (AvgIpc) is 3.16. The first kappa shape index (κ1) is 18.8. The average molecular weight is 330 g/mol. The van der Waals surface area contributed by atoms with Gasteiger partial charge in [-0.2, -0.15) is 0 Å². The molecule has 128 valence electrons. The highest BCUT2D eigenvalue weighted by Gasteiger charge is 2.20. The van der Waals surface area contributed by atoms with Crippen LogP contribution in [0.3, 0.4) is 0 Å². The number of allylic oxidation sites excluding steroid dienone is 1. The molecule has 0 aliphatic heterocycles. The van der Waals surface area contributed by atoms with Crippen molar-refractivity contribution in [2.24, 2.45) is 0 Å². The largest absolute Gasteiger partial charge is 0.349 e. The monoisotopic (exact) mass is 330 g/mol. The van der Waals surface area contributed by atoms with Crippen LogP contribution >= 0.6 is 0 Å². The maximum absolute atomic E-state index is 3.91. The van der Waals surface area contributed by atoms with E-state index in [1.165, 1.54) is 27.7 Å². The molecular weight excluding hydrogens is 303 g/mol. The summed E-state index contributed by atoms with van der Waals surface area (Å²) in [6.45, 7) is 10.8. The number of rotatable bonds is 5. The molecule has 0 saturated heterocycles. The molecule has 0 aliphatic rings. The van der Waals surface area contributed by atoms with Gasteiger partial charge in [-0.15, -0.1) is 6.58 Å². The lowest BCUT2D eigenvalue weighted by molar-refractivity contribution is 1.06. The van der Waals surface area contributed by atoms with E-state index in [9.17, 15) is 0 Å². The molecule has 2 aromatic carbocycles. The SMILES string of the molecule is C=CCB(c1ccccc1C)c1ccccc1C.CCc1cnc[nH]1. The third-order valence-electron chi connectivity index (χ3n) is 4.47. The number of aromatic amines is 1. The summed E-state index contributed by atoms with van der Waals surface area (Å²) in [5, 5.41) is 0. The van der Waals surface area contributed by atoms with Gasteiger partial charge in [-0.1, -0.05) is 83.6 Å². The Morgan fingerprint density at radius 2 is 1.56 bits per heavy atom. The Morgan fingerprint density at radius 3 is 1.92 bits per heavy atom. The summed E-state index contributed by atoms with van der Waals surface area (Å²) in [5.74, 6) is 0. The highest BCUT2D eigenvalue weighted by molar-refractivity contribution is 6.86. The maximum atomic E-state index is 3.91. The van der Waals surface area contributed by atoms with Gasteiger partial charge in [-0.3, -0.25) is 0 Å². The predicted molar refractivity (Wildman–Crippen MR) is 110 cm³/mol. The van der Waals surface area contributed by atoms with Crippen LogP contribution in [0.2, 0.25) is 6.32 Å². The van der Waals surface area contributed by atoms with E-state index in [4.69, 9.17) is 0 Å². The van der Waals surface area contributed by atoms with Crippen molar-refractivity contribution >= 4 is 17.6 Å². The van der Waals surface area contributed by atoms with E-state index in [2.05, 4.69) is 85.8 Å². The summed E-state index contributed by atoms with van der Waals surface area (Å²) in [4.78, 5) is 6.81. The zero-order valence-corrected chi connectivity index (χ0v) is 15.5. The highest BCUT2D eigenvalue weighted by atomic mass is 14.8. The van der Waals surface area contributed by atoms with Crippen molar-refractivity contribution in [3.8, 4) is 0 Å². The molecule has 2 nitrogen and oxygen atoms in total. The van der Waals surface area contributed by atoms with Gasteiger partial charge in [0, 0.05) is 11.9 Å². The van der Waals surface area contributed by atoms with E-state index in [1.807, 2.05) is 12.3 Å². The smallest absolute Gasteiger partial charge is 0.213 e. The van der Waals surface area contributed by atoms with Crippen LogP contribution in [0.15, 0.2) is 73.7 Å². The summed E-state index contributed by atoms with van der Waals surface area (Å²) >= 11 is 0. The molecule has 0 amide bonds. The van der Waals surface area contributed by atoms with Crippen LogP contribution in [-0.4, -0.2) is 16.7 Å². The van der Waals surface area contributed by atoms with Crippen LogP contribution < -0.4 is 10.9 Å². The van der Waals surface area contributed by atoms with E-state index < -0.39 is 0 Å². The fourth-order valence-electron chi connectivity index (χ4n) is 3.02. The van der Waals surface area contributed by atoms with Crippen molar-refractivity contribution in [1.29, 1.82) is 0 Å². The normalized spacial score (nSPS) is 9.88. The number of nitrogens with one attached hydrogen (secondary N) is 1. The topological polar surface area (TPSA) is 28.7 Å². The van der Waals surface area contributed by atoms with E-state index in [1.54, 1.807) is 6.33 Å². The number of hydrogen-bond acceptors (Lipinski definition) is 1. The Bertz CT molecular complexity index is 733. The number of imidazole rings is 1. The molecule has 3 rings (SSSR count). The van der Waals surface area contributed by atoms with Crippen LogP contribution in [0.1, 0.15) is 23.7 Å². The van der Waals surface area contributed by atoms with Gasteiger partial charge < -0.3 is 4.98 Å². The second kappa shape index (κ2) is 9.68. The Morgan fingerprint density at radius 1 is 1.00 bits per heavy atom. The Balaban J connectivity index is 0.000000269. The van der Waals surface area contributed by atoms with Gasteiger partial charge in [0.1, 0.15) is 0 Å². The summed E-state index contributed by atoms with van der Waals surface area (Å²) in [5.41, 5.74) is 6.72. The van der Waals surface area contributed by atoms with E-state index in [0.29, 0.717) is 6.71 Å². The summed E-state index contributed by atoms with van der Waals surface area (Å²) in [6.07, 6.45) is 7.57. The Labute approximate surface area is 152 Å². The standard InChI is InChI=1S/C17H19B.C5H8N2/c1-4-13-18(16-11-7-5-9-14(16)2)17-12-8-6-10-15(17)3;1-2-5-3-6-4-7-5/h4-12H,1,13H2,2-3H3;3-4H,2H2,1H3,(H,6,7). The zero-order valence-electron chi connectivity index (χ0n) is 15.5. The molecule has 1 heterocycles. The molecule has 0 aliphatic carbocycles. The maximum Gasteiger partial charge on any atom is 0.213 e. The number of benzene rings is 2. The molecule has 0 fully saturated rings. The lowest BCUT2D eigenvalue weighted by Crippen LogP contribution is -2.44. The number of hydrogen-bond donors (Lipinski definition) is 1. The van der Waals surface area contributed by atoms with E-state index >= 15 is 0 Å². The zero-order chi connectivity index (χ0) is 18.1. The molecule has 0 spiro atoms. The van der Waals surface area contributed by atoms with Gasteiger partial charge >= 0.3 is 0 Å². The predicted octanol–water partition coefficient (Wildman–Crippen LogP) is 4.07. The second-order valence-electron chi connectivity index (χ2n) is 6.22. The molecule has 3 heteroatoms. The molecule has 0 bridgehead atoms. The first-order valence-electron chi connectivity index (χ1n) is 8.86. The number of nitrogens with zero attached hydrogens (tertiary/aromatic N) is 1. The van der Waals surface area contributed by atoms with Crippen molar-refractivity contribution in [2.45, 2.75) is 33.5 Å². The third-order valence-corrected chi connectivity index (χ3v) is 4.47. The van der Waals surface area contributed by atoms with Crippen molar-refractivity contribution in [3.63, 3.8) is 0 Å². The van der Waals surface area contributed by atoms with Gasteiger partial charge in [0.05, 0.1) is 6.33 Å². The van der Waals surface area contributed by atoms with Crippen LogP contribution in [0.5, 0.6) is 0 Å². The summed E-state index contributed by atoms with van der Waals surface area (Å²) < 4.78 is 0. The van der Waals surface area contributed by atoms with Crippen molar-refractivity contribution < 1.29 is 0 Å². The molecule has 0 saturated carbocycles. The molecule has 0 unspecified atom stereocenters. The fraction of sp³-hybridized carbons (Fsp3) is 0.227. The Hall–Kier alpha value is -2.55.